The molecule has 0 aliphatic carbocycles. The molecular weight excluding hydrogens is 358 g/mol. The number of carbonyl (C=O) groups excluding carboxylic acids is 3. The van der Waals surface area contributed by atoms with Crippen LogP contribution in [0, 0.1) is 5.92 Å². The van der Waals surface area contributed by atoms with Crippen LogP contribution in [-0.4, -0.2) is 58.4 Å². The standard InChI is InChI=1S/C21H27N3O4/c1-3-22-11-14(2)9-17(13-22)28-16-7-8-18-15(10-16)12-23(21(18)27)24-19(25)5-4-6-20(24)26/h7-8,10,14,17H,3-6,9,11-13H2,1-2H3/t14-,17-/m1/s1. The van der Waals surface area contributed by atoms with E-state index in [0.717, 1.165) is 42.4 Å². The number of amides is 3. The summed E-state index contributed by atoms with van der Waals surface area (Å²) in [5.41, 5.74) is 1.33. The highest BCUT2D eigenvalue weighted by Gasteiger charge is 2.39. The summed E-state index contributed by atoms with van der Waals surface area (Å²) >= 11 is 0. The molecule has 1 aromatic rings. The monoisotopic (exact) mass is 385 g/mol. The second-order valence-electron chi connectivity index (χ2n) is 8.07. The molecule has 0 radical (unpaired) electrons. The number of likely N-dealkylation sites (tertiary alicyclic amines) is 1. The lowest BCUT2D eigenvalue weighted by atomic mass is 9.98. The molecule has 0 unspecified atom stereocenters. The zero-order valence-electron chi connectivity index (χ0n) is 16.5. The number of fused-ring (bicyclic) bond motifs is 1. The lowest BCUT2D eigenvalue weighted by Crippen LogP contribution is -2.51. The highest BCUT2D eigenvalue weighted by Crippen LogP contribution is 2.31. The van der Waals surface area contributed by atoms with Gasteiger partial charge in [0.2, 0.25) is 11.8 Å². The van der Waals surface area contributed by atoms with E-state index in [4.69, 9.17) is 4.74 Å². The van der Waals surface area contributed by atoms with Gasteiger partial charge in [-0.2, -0.15) is 5.01 Å². The molecule has 0 N–H and O–H groups in total. The first kappa shape index (κ1) is 18.9. The van der Waals surface area contributed by atoms with E-state index in [0.29, 0.717) is 30.7 Å². The molecule has 2 atom stereocenters. The predicted octanol–water partition coefficient (Wildman–Crippen LogP) is 2.21. The Morgan fingerprint density at radius 2 is 1.86 bits per heavy atom. The zero-order chi connectivity index (χ0) is 19.8. The molecule has 7 heteroatoms. The van der Waals surface area contributed by atoms with Gasteiger partial charge in [-0.1, -0.05) is 13.8 Å². The first-order valence-corrected chi connectivity index (χ1v) is 10.2. The average molecular weight is 385 g/mol. The van der Waals surface area contributed by atoms with Gasteiger partial charge in [0.1, 0.15) is 11.9 Å². The van der Waals surface area contributed by atoms with Crippen LogP contribution in [0.2, 0.25) is 0 Å². The summed E-state index contributed by atoms with van der Waals surface area (Å²) in [6.45, 7) is 7.64. The number of benzene rings is 1. The number of ether oxygens (including phenoxy) is 1. The fraction of sp³-hybridized carbons (Fsp3) is 0.571. The van der Waals surface area contributed by atoms with E-state index in [1.54, 1.807) is 6.07 Å². The predicted molar refractivity (Wildman–Crippen MR) is 102 cm³/mol. The number of piperidine rings is 2. The molecule has 0 saturated carbocycles. The van der Waals surface area contributed by atoms with Crippen molar-refractivity contribution in [1.82, 2.24) is 14.9 Å². The summed E-state index contributed by atoms with van der Waals surface area (Å²) < 4.78 is 6.22. The highest BCUT2D eigenvalue weighted by molar-refractivity contribution is 6.04. The number of hydrogen-bond acceptors (Lipinski definition) is 5. The quantitative estimate of drug-likeness (QED) is 0.743. The summed E-state index contributed by atoms with van der Waals surface area (Å²) in [5, 5.41) is 2.31. The molecule has 0 bridgehead atoms. The van der Waals surface area contributed by atoms with Crippen LogP contribution in [0.15, 0.2) is 18.2 Å². The van der Waals surface area contributed by atoms with Gasteiger partial charge < -0.3 is 4.74 Å². The van der Waals surface area contributed by atoms with Crippen molar-refractivity contribution in [2.75, 3.05) is 19.6 Å². The minimum absolute atomic E-state index is 0.125. The summed E-state index contributed by atoms with van der Waals surface area (Å²) in [5.74, 6) is 0.421. The van der Waals surface area contributed by atoms with E-state index in [1.807, 2.05) is 12.1 Å². The lowest BCUT2D eigenvalue weighted by Gasteiger charge is -2.35. The molecule has 3 heterocycles. The second kappa shape index (κ2) is 7.54. The third-order valence-corrected chi connectivity index (χ3v) is 5.80. The molecule has 2 saturated heterocycles. The Kier molecular flexibility index (Phi) is 5.10. The number of nitrogens with zero attached hydrogens (tertiary/aromatic N) is 3. The number of hydrazine groups is 1. The van der Waals surface area contributed by atoms with E-state index in [9.17, 15) is 14.4 Å². The molecule has 4 rings (SSSR count). The minimum Gasteiger partial charge on any atom is -0.489 e. The molecule has 150 valence electrons. The van der Waals surface area contributed by atoms with Crippen molar-refractivity contribution >= 4 is 17.7 Å². The van der Waals surface area contributed by atoms with Crippen LogP contribution in [0.3, 0.4) is 0 Å². The molecule has 7 nitrogen and oxygen atoms in total. The molecule has 3 aliphatic rings. The Balaban J connectivity index is 1.49. The van der Waals surface area contributed by atoms with E-state index in [-0.39, 0.29) is 30.4 Å². The van der Waals surface area contributed by atoms with Crippen molar-refractivity contribution in [2.45, 2.75) is 52.2 Å². The summed E-state index contributed by atoms with van der Waals surface area (Å²) in [7, 11) is 0. The minimum atomic E-state index is -0.301. The Morgan fingerprint density at radius 1 is 1.11 bits per heavy atom. The van der Waals surface area contributed by atoms with Gasteiger partial charge in [-0.25, -0.2) is 5.01 Å². The third-order valence-electron chi connectivity index (χ3n) is 5.80. The Hall–Kier alpha value is -2.41. The van der Waals surface area contributed by atoms with Gasteiger partial charge in [0.05, 0.1) is 6.54 Å². The number of hydrogen-bond donors (Lipinski definition) is 0. The van der Waals surface area contributed by atoms with Crippen molar-refractivity contribution in [3.05, 3.63) is 29.3 Å². The summed E-state index contributed by atoms with van der Waals surface area (Å²) in [4.78, 5) is 39.5. The first-order chi connectivity index (χ1) is 13.5. The smallest absolute Gasteiger partial charge is 0.273 e. The Labute approximate surface area is 165 Å². The summed E-state index contributed by atoms with van der Waals surface area (Å²) in [6, 6.07) is 5.44. The lowest BCUT2D eigenvalue weighted by molar-refractivity contribution is -0.163. The number of imide groups is 1. The Bertz CT molecular complexity index is 793. The van der Waals surface area contributed by atoms with Crippen LogP contribution in [0.25, 0.3) is 0 Å². The molecule has 2 fully saturated rings. The SMILES string of the molecule is CCN1C[C@H](C)C[C@@H](Oc2ccc3c(c2)CN(N2C(=O)CCCC2=O)C3=O)C1. The van der Waals surface area contributed by atoms with Gasteiger partial charge in [0.25, 0.3) is 5.91 Å². The number of rotatable bonds is 4. The largest absolute Gasteiger partial charge is 0.489 e. The van der Waals surface area contributed by atoms with Crippen molar-refractivity contribution in [1.29, 1.82) is 0 Å². The molecule has 0 spiro atoms. The molecule has 3 aliphatic heterocycles. The first-order valence-electron chi connectivity index (χ1n) is 10.2. The van der Waals surface area contributed by atoms with Crippen molar-refractivity contribution in [2.24, 2.45) is 5.92 Å². The van der Waals surface area contributed by atoms with Gasteiger partial charge in [0, 0.05) is 31.5 Å². The van der Waals surface area contributed by atoms with Gasteiger partial charge in [-0.3, -0.25) is 19.3 Å². The van der Waals surface area contributed by atoms with Crippen molar-refractivity contribution in [3.63, 3.8) is 0 Å². The van der Waals surface area contributed by atoms with E-state index < -0.39 is 0 Å². The number of likely N-dealkylation sites (N-methyl/N-ethyl adjacent to an activating group) is 1. The van der Waals surface area contributed by atoms with Crippen LogP contribution in [0.4, 0.5) is 0 Å². The van der Waals surface area contributed by atoms with Crippen LogP contribution < -0.4 is 4.74 Å². The van der Waals surface area contributed by atoms with E-state index in [2.05, 4.69) is 18.7 Å². The normalized spacial score (nSPS) is 26.0. The highest BCUT2D eigenvalue weighted by atomic mass is 16.5. The molecule has 0 aromatic heterocycles. The Morgan fingerprint density at radius 3 is 2.57 bits per heavy atom. The fourth-order valence-corrected chi connectivity index (χ4v) is 4.46. The maximum Gasteiger partial charge on any atom is 0.273 e. The van der Waals surface area contributed by atoms with Crippen LogP contribution in [0.1, 0.15) is 55.5 Å². The topological polar surface area (TPSA) is 70.2 Å². The van der Waals surface area contributed by atoms with Crippen molar-refractivity contribution < 1.29 is 19.1 Å². The second-order valence-corrected chi connectivity index (χ2v) is 8.07. The number of carbonyl (C=O) groups is 3. The van der Waals surface area contributed by atoms with Gasteiger partial charge in [-0.15, -0.1) is 0 Å². The van der Waals surface area contributed by atoms with E-state index >= 15 is 0 Å². The van der Waals surface area contributed by atoms with Gasteiger partial charge >= 0.3 is 0 Å². The van der Waals surface area contributed by atoms with Crippen molar-refractivity contribution in [3.8, 4) is 5.75 Å². The van der Waals surface area contributed by atoms with Crippen LogP contribution in [0.5, 0.6) is 5.75 Å². The molecular formula is C21H27N3O4. The van der Waals surface area contributed by atoms with E-state index in [1.165, 1.54) is 5.01 Å². The summed E-state index contributed by atoms with van der Waals surface area (Å²) in [6.07, 6.45) is 2.29. The van der Waals surface area contributed by atoms with Gasteiger partial charge in [0.15, 0.2) is 0 Å². The van der Waals surface area contributed by atoms with Crippen LogP contribution >= 0.6 is 0 Å². The fourth-order valence-electron chi connectivity index (χ4n) is 4.46. The van der Waals surface area contributed by atoms with Gasteiger partial charge in [-0.05, 0) is 49.1 Å². The van der Waals surface area contributed by atoms with Crippen LogP contribution in [-0.2, 0) is 16.1 Å². The maximum absolute atomic E-state index is 12.7. The molecule has 28 heavy (non-hydrogen) atoms. The zero-order valence-corrected chi connectivity index (χ0v) is 16.5. The maximum atomic E-state index is 12.7. The third kappa shape index (κ3) is 3.51. The average Bonchev–Trinajstić information content (AvgIpc) is 2.97. The molecule has 1 aromatic carbocycles. The molecule has 3 amide bonds.